The van der Waals surface area contributed by atoms with Crippen LogP contribution in [0.2, 0.25) is 0 Å². The SMILES string of the molecule is c1ccc(-c2cc(-c3ccccc3)c3ccc4ccc(-c5nc(-c6ccccc6)nc(-c6cccc(-c7cccc8ccccc78)c6)n5)nc4c3n2)cc1. The van der Waals surface area contributed by atoms with E-state index in [-0.39, 0.29) is 0 Å². The molecular weight excluding hydrogens is 659 g/mol. The molecule has 5 heteroatoms. The van der Waals surface area contributed by atoms with Crippen molar-refractivity contribution in [1.29, 1.82) is 0 Å². The second-order valence-electron chi connectivity index (χ2n) is 13.3. The summed E-state index contributed by atoms with van der Waals surface area (Å²) in [6.07, 6.45) is 0. The van der Waals surface area contributed by atoms with Crippen LogP contribution in [0.15, 0.2) is 188 Å². The second-order valence-corrected chi connectivity index (χ2v) is 13.3. The Hall–Kier alpha value is -7.37. The van der Waals surface area contributed by atoms with E-state index >= 15 is 0 Å². The van der Waals surface area contributed by atoms with E-state index in [0.717, 1.165) is 66.4 Å². The summed E-state index contributed by atoms with van der Waals surface area (Å²) in [5.74, 6) is 1.66. The summed E-state index contributed by atoms with van der Waals surface area (Å²) in [6, 6.07) is 64.7. The molecule has 0 unspecified atom stereocenters. The van der Waals surface area contributed by atoms with E-state index < -0.39 is 0 Å². The molecule has 0 bridgehead atoms. The monoisotopic (exact) mass is 689 g/mol. The van der Waals surface area contributed by atoms with Crippen molar-refractivity contribution in [3.05, 3.63) is 188 Å². The highest BCUT2D eigenvalue weighted by molar-refractivity contribution is 6.09. The first kappa shape index (κ1) is 31.4. The molecule has 10 aromatic rings. The lowest BCUT2D eigenvalue weighted by Crippen LogP contribution is -2.01. The van der Waals surface area contributed by atoms with E-state index in [9.17, 15) is 0 Å². The summed E-state index contributed by atoms with van der Waals surface area (Å²) in [5.41, 5.74) is 10.5. The maximum atomic E-state index is 5.30. The lowest BCUT2D eigenvalue weighted by molar-refractivity contribution is 1.06. The first-order chi connectivity index (χ1) is 26.7. The average Bonchev–Trinajstić information content (AvgIpc) is 3.26. The molecule has 3 heterocycles. The molecule has 0 aliphatic carbocycles. The van der Waals surface area contributed by atoms with E-state index in [1.165, 1.54) is 10.8 Å². The molecule has 3 aromatic heterocycles. The van der Waals surface area contributed by atoms with Crippen LogP contribution in [0.25, 0.3) is 100 Å². The van der Waals surface area contributed by atoms with Gasteiger partial charge in [-0.15, -0.1) is 0 Å². The molecule has 54 heavy (non-hydrogen) atoms. The van der Waals surface area contributed by atoms with Crippen molar-refractivity contribution in [1.82, 2.24) is 24.9 Å². The van der Waals surface area contributed by atoms with Gasteiger partial charge in [-0.2, -0.15) is 0 Å². The first-order valence-corrected chi connectivity index (χ1v) is 18.0. The van der Waals surface area contributed by atoms with E-state index in [2.05, 4.69) is 127 Å². The van der Waals surface area contributed by atoms with Gasteiger partial charge in [0.1, 0.15) is 5.69 Å². The molecule has 0 amide bonds. The minimum Gasteiger partial charge on any atom is -0.245 e. The fourth-order valence-electron chi connectivity index (χ4n) is 7.25. The van der Waals surface area contributed by atoms with Gasteiger partial charge in [0.2, 0.25) is 0 Å². The van der Waals surface area contributed by atoms with Gasteiger partial charge in [-0.05, 0) is 51.2 Å². The predicted molar refractivity (Wildman–Crippen MR) is 221 cm³/mol. The molecule has 0 radical (unpaired) electrons. The number of hydrogen-bond acceptors (Lipinski definition) is 5. The Balaban J connectivity index is 1.17. The smallest absolute Gasteiger partial charge is 0.182 e. The molecule has 5 nitrogen and oxygen atoms in total. The van der Waals surface area contributed by atoms with Crippen molar-refractivity contribution in [2.24, 2.45) is 0 Å². The summed E-state index contributed by atoms with van der Waals surface area (Å²) in [4.78, 5) is 25.7. The van der Waals surface area contributed by atoms with Gasteiger partial charge in [-0.3, -0.25) is 0 Å². The third-order valence-corrected chi connectivity index (χ3v) is 9.91. The van der Waals surface area contributed by atoms with Crippen LogP contribution in [0.1, 0.15) is 0 Å². The second kappa shape index (κ2) is 13.3. The van der Waals surface area contributed by atoms with E-state index in [0.29, 0.717) is 23.2 Å². The Kier molecular flexibility index (Phi) is 7.73. The molecule has 0 N–H and O–H groups in total. The van der Waals surface area contributed by atoms with Crippen molar-refractivity contribution in [2.75, 3.05) is 0 Å². The standard InChI is InChI=1S/C49H31N5/c1-4-14-33(15-5-1)42-31-44(34-17-6-2-7-18-34)51-46-41(42)28-26-35-27-29-43(50-45(35)46)49-53-47(36-19-8-3-9-20-36)52-48(54-49)38-23-12-22-37(30-38)40-25-13-21-32-16-10-11-24-39(32)40/h1-31H. The molecule has 0 atom stereocenters. The quantitative estimate of drug-likeness (QED) is 0.163. The number of rotatable bonds is 6. The Bertz CT molecular complexity index is 2980. The fraction of sp³-hybridized carbons (Fsp3) is 0. The molecule has 7 aromatic carbocycles. The summed E-state index contributed by atoms with van der Waals surface area (Å²) >= 11 is 0. The van der Waals surface area contributed by atoms with Gasteiger partial charge in [0.15, 0.2) is 17.5 Å². The van der Waals surface area contributed by atoms with Crippen molar-refractivity contribution < 1.29 is 0 Å². The van der Waals surface area contributed by atoms with Gasteiger partial charge in [-0.25, -0.2) is 24.9 Å². The van der Waals surface area contributed by atoms with E-state index in [1.54, 1.807) is 0 Å². The molecule has 0 saturated heterocycles. The third kappa shape index (κ3) is 5.74. The van der Waals surface area contributed by atoms with Crippen LogP contribution < -0.4 is 0 Å². The molecule has 0 aliphatic rings. The molecular formula is C49H31N5. The molecule has 0 spiro atoms. The van der Waals surface area contributed by atoms with Crippen LogP contribution in [0.3, 0.4) is 0 Å². The maximum absolute atomic E-state index is 5.30. The van der Waals surface area contributed by atoms with Gasteiger partial charge < -0.3 is 0 Å². The molecule has 0 fully saturated rings. The highest BCUT2D eigenvalue weighted by atomic mass is 15.0. The Morgan fingerprint density at radius 1 is 0.259 bits per heavy atom. The van der Waals surface area contributed by atoms with Crippen LogP contribution in [0.5, 0.6) is 0 Å². The molecule has 0 aliphatic heterocycles. The lowest BCUT2D eigenvalue weighted by Gasteiger charge is -2.13. The molecule has 252 valence electrons. The van der Waals surface area contributed by atoms with Gasteiger partial charge in [0, 0.05) is 27.5 Å². The lowest BCUT2D eigenvalue weighted by atomic mass is 9.97. The molecule has 10 rings (SSSR count). The summed E-state index contributed by atoms with van der Waals surface area (Å²) in [6.45, 7) is 0. The van der Waals surface area contributed by atoms with Gasteiger partial charge in [-0.1, -0.05) is 170 Å². The predicted octanol–water partition coefficient (Wildman–Crippen LogP) is 12.1. The van der Waals surface area contributed by atoms with E-state index in [4.69, 9.17) is 24.9 Å². The van der Waals surface area contributed by atoms with Crippen LogP contribution in [-0.2, 0) is 0 Å². The topological polar surface area (TPSA) is 64.5 Å². The van der Waals surface area contributed by atoms with Crippen molar-refractivity contribution >= 4 is 32.6 Å². The Labute approximate surface area is 312 Å². The third-order valence-electron chi connectivity index (χ3n) is 9.91. The zero-order valence-corrected chi connectivity index (χ0v) is 29.1. The average molecular weight is 690 g/mol. The van der Waals surface area contributed by atoms with Crippen LogP contribution >= 0.6 is 0 Å². The van der Waals surface area contributed by atoms with Crippen LogP contribution in [-0.4, -0.2) is 24.9 Å². The minimum atomic E-state index is 0.496. The molecule has 0 saturated carbocycles. The fourth-order valence-corrected chi connectivity index (χ4v) is 7.25. The Morgan fingerprint density at radius 3 is 1.63 bits per heavy atom. The van der Waals surface area contributed by atoms with Crippen molar-refractivity contribution in [3.8, 4) is 67.8 Å². The number of nitrogens with zero attached hydrogens (tertiary/aromatic N) is 5. The highest BCUT2D eigenvalue weighted by Gasteiger charge is 2.17. The van der Waals surface area contributed by atoms with Crippen LogP contribution in [0.4, 0.5) is 0 Å². The summed E-state index contributed by atoms with van der Waals surface area (Å²) in [7, 11) is 0. The van der Waals surface area contributed by atoms with Gasteiger partial charge in [0.05, 0.1) is 16.7 Å². The maximum Gasteiger partial charge on any atom is 0.182 e. The number of pyridine rings is 2. The van der Waals surface area contributed by atoms with Crippen molar-refractivity contribution in [2.45, 2.75) is 0 Å². The van der Waals surface area contributed by atoms with Gasteiger partial charge in [0.25, 0.3) is 0 Å². The number of aromatic nitrogens is 5. The van der Waals surface area contributed by atoms with Crippen molar-refractivity contribution in [3.63, 3.8) is 0 Å². The number of hydrogen-bond donors (Lipinski definition) is 0. The normalized spacial score (nSPS) is 11.3. The first-order valence-electron chi connectivity index (χ1n) is 18.0. The zero-order valence-electron chi connectivity index (χ0n) is 29.1. The van der Waals surface area contributed by atoms with Gasteiger partial charge >= 0.3 is 0 Å². The largest absolute Gasteiger partial charge is 0.245 e. The number of fused-ring (bicyclic) bond motifs is 4. The zero-order chi connectivity index (χ0) is 35.8. The summed E-state index contributed by atoms with van der Waals surface area (Å²) in [5, 5.41) is 4.42. The highest BCUT2D eigenvalue weighted by Crippen LogP contribution is 2.36. The van der Waals surface area contributed by atoms with Crippen LogP contribution in [0, 0.1) is 0 Å². The van der Waals surface area contributed by atoms with E-state index in [1.807, 2.05) is 60.7 Å². The Morgan fingerprint density at radius 2 is 0.833 bits per heavy atom. The minimum absolute atomic E-state index is 0.496. The number of benzene rings is 7. The summed E-state index contributed by atoms with van der Waals surface area (Å²) < 4.78 is 0.